The fraction of sp³-hybridized carbons (Fsp3) is 0.300. The van der Waals surface area contributed by atoms with E-state index in [1.54, 1.807) is 26.0 Å². The van der Waals surface area contributed by atoms with E-state index in [9.17, 15) is 19.2 Å². The highest BCUT2D eigenvalue weighted by Crippen LogP contribution is 2.28. The van der Waals surface area contributed by atoms with Gasteiger partial charge < -0.3 is 10.1 Å². The number of amides is 1. The van der Waals surface area contributed by atoms with Crippen LogP contribution in [0.15, 0.2) is 38.6 Å². The van der Waals surface area contributed by atoms with Crippen molar-refractivity contribution in [1.82, 2.24) is 13.7 Å². The number of methoxy groups -OCH3 is 1. The highest BCUT2D eigenvalue weighted by Gasteiger charge is 2.22. The standard InChI is InChI=1S/C20H21ClN4O5/c1-5-24-15(26)10-12(16-18(24)23(3)20(29)25(6-2)19(16)28)17(27)22-13-9-11(21)7-8-14(13)30-4/h7-10H,5-6H2,1-4H3,(H,22,27). The zero-order chi connectivity index (χ0) is 22.2. The lowest BCUT2D eigenvalue weighted by molar-refractivity contribution is 0.102. The fourth-order valence-electron chi connectivity index (χ4n) is 3.42. The normalized spacial score (nSPS) is 11.0. The highest BCUT2D eigenvalue weighted by atomic mass is 35.5. The minimum absolute atomic E-state index is 0.0149. The lowest BCUT2D eigenvalue weighted by atomic mass is 10.1. The molecule has 3 rings (SSSR count). The molecule has 0 atom stereocenters. The van der Waals surface area contributed by atoms with Crippen molar-refractivity contribution in [3.05, 3.63) is 66.0 Å². The molecular formula is C20H21ClN4O5. The number of nitrogens with one attached hydrogen (secondary N) is 1. The van der Waals surface area contributed by atoms with Gasteiger partial charge in [-0.05, 0) is 32.0 Å². The zero-order valence-electron chi connectivity index (χ0n) is 17.0. The number of carbonyl (C=O) groups is 1. The maximum atomic E-state index is 13.1. The summed E-state index contributed by atoms with van der Waals surface area (Å²) in [5.74, 6) is -0.336. The minimum Gasteiger partial charge on any atom is -0.495 e. The molecule has 1 amide bonds. The molecular weight excluding hydrogens is 412 g/mol. The molecule has 2 aromatic heterocycles. The van der Waals surface area contributed by atoms with Crippen LogP contribution in [0.5, 0.6) is 5.75 Å². The first-order valence-electron chi connectivity index (χ1n) is 9.27. The molecule has 0 spiro atoms. The first-order chi connectivity index (χ1) is 14.2. The van der Waals surface area contributed by atoms with E-state index in [4.69, 9.17) is 16.3 Å². The summed E-state index contributed by atoms with van der Waals surface area (Å²) in [6, 6.07) is 5.78. The van der Waals surface area contributed by atoms with Crippen molar-refractivity contribution >= 4 is 34.2 Å². The van der Waals surface area contributed by atoms with Crippen LogP contribution in [-0.4, -0.2) is 26.7 Å². The largest absolute Gasteiger partial charge is 0.495 e. The Hall–Kier alpha value is -3.33. The summed E-state index contributed by atoms with van der Waals surface area (Å²) >= 11 is 6.01. The van der Waals surface area contributed by atoms with Gasteiger partial charge in [0.05, 0.1) is 23.7 Å². The third kappa shape index (κ3) is 3.41. The summed E-state index contributed by atoms with van der Waals surface area (Å²) in [6.45, 7) is 3.71. The Labute approximate surface area is 176 Å². The van der Waals surface area contributed by atoms with Crippen molar-refractivity contribution in [2.75, 3.05) is 12.4 Å². The van der Waals surface area contributed by atoms with Crippen molar-refractivity contribution in [1.29, 1.82) is 0 Å². The van der Waals surface area contributed by atoms with Crippen LogP contribution in [0.2, 0.25) is 5.02 Å². The van der Waals surface area contributed by atoms with Gasteiger partial charge in [0.2, 0.25) is 0 Å². The number of fused-ring (bicyclic) bond motifs is 1. The number of pyridine rings is 1. The second-order valence-electron chi connectivity index (χ2n) is 6.53. The van der Waals surface area contributed by atoms with Crippen LogP contribution in [0.1, 0.15) is 24.2 Å². The molecule has 0 aliphatic carbocycles. The quantitative estimate of drug-likeness (QED) is 0.662. The van der Waals surface area contributed by atoms with Gasteiger partial charge in [-0.3, -0.25) is 28.1 Å². The van der Waals surface area contributed by atoms with Gasteiger partial charge in [0.15, 0.2) is 0 Å². The molecule has 9 nitrogen and oxygen atoms in total. The van der Waals surface area contributed by atoms with E-state index < -0.39 is 22.7 Å². The number of aromatic nitrogens is 3. The van der Waals surface area contributed by atoms with Crippen LogP contribution in [-0.2, 0) is 20.1 Å². The first-order valence-corrected chi connectivity index (χ1v) is 9.65. The molecule has 2 heterocycles. The van der Waals surface area contributed by atoms with Crippen molar-refractivity contribution in [3.8, 4) is 5.75 Å². The predicted molar refractivity (Wildman–Crippen MR) is 115 cm³/mol. The number of rotatable bonds is 5. The van der Waals surface area contributed by atoms with E-state index in [0.29, 0.717) is 10.8 Å². The van der Waals surface area contributed by atoms with Gasteiger partial charge in [-0.2, -0.15) is 0 Å². The summed E-state index contributed by atoms with van der Waals surface area (Å²) in [5, 5.41) is 3.00. The second-order valence-corrected chi connectivity index (χ2v) is 6.97. The molecule has 1 N–H and O–H groups in total. The van der Waals surface area contributed by atoms with Crippen LogP contribution >= 0.6 is 11.6 Å². The molecule has 0 unspecified atom stereocenters. The Balaban J connectivity index is 2.34. The van der Waals surface area contributed by atoms with Crippen LogP contribution < -0.4 is 26.9 Å². The van der Waals surface area contributed by atoms with Gasteiger partial charge in [0.25, 0.3) is 17.0 Å². The molecule has 0 aliphatic rings. The second kappa shape index (κ2) is 8.19. The fourth-order valence-corrected chi connectivity index (χ4v) is 3.59. The number of anilines is 1. The maximum Gasteiger partial charge on any atom is 0.332 e. The Morgan fingerprint density at radius 3 is 2.37 bits per heavy atom. The molecule has 0 saturated heterocycles. The number of benzene rings is 1. The summed E-state index contributed by atoms with van der Waals surface area (Å²) in [6.07, 6.45) is 0. The number of nitrogens with zero attached hydrogens (tertiary/aromatic N) is 3. The zero-order valence-corrected chi connectivity index (χ0v) is 17.7. The Morgan fingerprint density at radius 1 is 1.10 bits per heavy atom. The van der Waals surface area contributed by atoms with Crippen LogP contribution in [0.4, 0.5) is 5.69 Å². The summed E-state index contributed by atoms with van der Waals surface area (Å²) in [4.78, 5) is 51.4. The average Bonchev–Trinajstić information content (AvgIpc) is 2.71. The first kappa shape index (κ1) is 21.4. The summed E-state index contributed by atoms with van der Waals surface area (Å²) in [5.41, 5.74) is -1.47. The maximum absolute atomic E-state index is 13.1. The molecule has 0 fully saturated rings. The van der Waals surface area contributed by atoms with E-state index in [1.165, 1.54) is 29.4 Å². The van der Waals surface area contributed by atoms with Crippen LogP contribution in [0, 0.1) is 0 Å². The number of ether oxygens (including phenoxy) is 1. The van der Waals surface area contributed by atoms with Crippen molar-refractivity contribution < 1.29 is 9.53 Å². The lowest BCUT2D eigenvalue weighted by Gasteiger charge is -2.17. The topological polar surface area (TPSA) is 104 Å². The third-order valence-corrected chi connectivity index (χ3v) is 5.10. The molecule has 0 bridgehead atoms. The SMILES string of the molecule is CCn1c(=O)c2c(C(=O)Nc3cc(Cl)ccc3OC)cc(=O)n(CC)c2n(C)c1=O. The smallest absolute Gasteiger partial charge is 0.332 e. The average molecular weight is 433 g/mol. The van der Waals surface area contributed by atoms with E-state index in [-0.39, 0.29) is 35.4 Å². The number of aryl methyl sites for hydroxylation is 2. The van der Waals surface area contributed by atoms with E-state index >= 15 is 0 Å². The predicted octanol–water partition coefficient (Wildman–Crippen LogP) is 1.82. The number of hydrogen-bond acceptors (Lipinski definition) is 5. The van der Waals surface area contributed by atoms with E-state index in [0.717, 1.165) is 10.6 Å². The molecule has 3 aromatic rings. The van der Waals surface area contributed by atoms with Crippen molar-refractivity contribution in [3.63, 3.8) is 0 Å². The number of hydrogen-bond donors (Lipinski definition) is 1. The van der Waals surface area contributed by atoms with Gasteiger partial charge >= 0.3 is 5.69 Å². The minimum atomic E-state index is -0.695. The summed E-state index contributed by atoms with van der Waals surface area (Å²) < 4.78 is 8.74. The van der Waals surface area contributed by atoms with Crippen LogP contribution in [0.25, 0.3) is 11.0 Å². The Kier molecular flexibility index (Phi) is 5.84. The molecule has 10 heteroatoms. The molecule has 30 heavy (non-hydrogen) atoms. The van der Waals surface area contributed by atoms with Gasteiger partial charge in [-0.15, -0.1) is 0 Å². The monoisotopic (exact) mass is 432 g/mol. The number of halogens is 1. The molecule has 0 aliphatic heterocycles. The third-order valence-electron chi connectivity index (χ3n) is 4.86. The van der Waals surface area contributed by atoms with Gasteiger partial charge in [0, 0.05) is 31.2 Å². The lowest BCUT2D eigenvalue weighted by Crippen LogP contribution is -2.42. The summed E-state index contributed by atoms with van der Waals surface area (Å²) in [7, 11) is 2.90. The van der Waals surface area contributed by atoms with Gasteiger partial charge in [-0.25, -0.2) is 4.79 Å². The van der Waals surface area contributed by atoms with E-state index in [2.05, 4.69) is 5.32 Å². The van der Waals surface area contributed by atoms with E-state index in [1.807, 2.05) is 0 Å². The van der Waals surface area contributed by atoms with Gasteiger partial charge in [0.1, 0.15) is 11.4 Å². The number of carbonyl (C=O) groups excluding carboxylic acids is 1. The Bertz CT molecular complexity index is 1340. The molecule has 0 saturated carbocycles. The molecule has 0 radical (unpaired) electrons. The molecule has 1 aromatic carbocycles. The van der Waals surface area contributed by atoms with Crippen molar-refractivity contribution in [2.24, 2.45) is 7.05 Å². The van der Waals surface area contributed by atoms with Gasteiger partial charge in [-0.1, -0.05) is 11.6 Å². The van der Waals surface area contributed by atoms with Crippen molar-refractivity contribution in [2.45, 2.75) is 26.9 Å². The Morgan fingerprint density at radius 2 is 1.77 bits per heavy atom. The highest BCUT2D eigenvalue weighted by molar-refractivity contribution is 6.31. The molecule has 158 valence electrons. The van der Waals surface area contributed by atoms with Crippen LogP contribution in [0.3, 0.4) is 0 Å².